The molecule has 8 heteroatoms. The maximum Gasteiger partial charge on any atom is 0.291 e. The van der Waals surface area contributed by atoms with Crippen LogP contribution in [0.3, 0.4) is 0 Å². The number of amides is 1. The minimum absolute atomic E-state index is 0.0198. The van der Waals surface area contributed by atoms with Crippen molar-refractivity contribution in [3.63, 3.8) is 0 Å². The van der Waals surface area contributed by atoms with Gasteiger partial charge >= 0.3 is 0 Å². The standard InChI is InChI=1S/C22H14N2O6/c25-20-16-5-1-2-6-17(16)30-21-18(20)19(13-7-9-14(10-8-13)24(27)28)23(22(21)26)12-15-4-3-11-29-15/h1-11,19H,12H2. The van der Waals surface area contributed by atoms with Crippen LogP contribution in [0.15, 0.2) is 80.6 Å². The Morgan fingerprint density at radius 2 is 1.77 bits per heavy atom. The minimum atomic E-state index is -0.751. The largest absolute Gasteiger partial charge is 0.467 e. The first kappa shape index (κ1) is 17.9. The van der Waals surface area contributed by atoms with Crippen LogP contribution >= 0.6 is 0 Å². The molecule has 0 aliphatic carbocycles. The minimum Gasteiger partial charge on any atom is -0.467 e. The van der Waals surface area contributed by atoms with E-state index < -0.39 is 16.9 Å². The maximum absolute atomic E-state index is 13.3. The van der Waals surface area contributed by atoms with Gasteiger partial charge in [0.25, 0.3) is 11.6 Å². The Morgan fingerprint density at radius 3 is 2.47 bits per heavy atom. The van der Waals surface area contributed by atoms with Crippen LogP contribution in [0.1, 0.15) is 33.5 Å². The summed E-state index contributed by atoms with van der Waals surface area (Å²) in [6.07, 6.45) is 1.50. The fourth-order valence-corrected chi connectivity index (χ4v) is 3.83. The van der Waals surface area contributed by atoms with Crippen molar-refractivity contribution in [3.8, 4) is 0 Å². The van der Waals surface area contributed by atoms with Gasteiger partial charge in [0.05, 0.1) is 34.7 Å². The summed E-state index contributed by atoms with van der Waals surface area (Å²) >= 11 is 0. The second kappa shape index (κ2) is 6.70. The van der Waals surface area contributed by atoms with Crippen molar-refractivity contribution >= 4 is 22.6 Å². The van der Waals surface area contributed by atoms with Gasteiger partial charge in [0.15, 0.2) is 5.43 Å². The van der Waals surface area contributed by atoms with Crippen molar-refractivity contribution in [2.45, 2.75) is 12.6 Å². The molecule has 1 unspecified atom stereocenters. The van der Waals surface area contributed by atoms with Crippen LogP contribution in [-0.4, -0.2) is 15.7 Å². The Balaban J connectivity index is 1.72. The number of nitro groups is 1. The second-order valence-electron chi connectivity index (χ2n) is 6.93. The highest BCUT2D eigenvalue weighted by Gasteiger charge is 2.43. The van der Waals surface area contributed by atoms with Gasteiger partial charge < -0.3 is 13.7 Å². The highest BCUT2D eigenvalue weighted by atomic mass is 16.6. The first-order valence-corrected chi connectivity index (χ1v) is 9.18. The number of furan rings is 1. The van der Waals surface area contributed by atoms with Gasteiger partial charge in [-0.25, -0.2) is 0 Å². The molecule has 1 amide bonds. The van der Waals surface area contributed by atoms with Gasteiger partial charge in [-0.3, -0.25) is 19.7 Å². The molecule has 148 valence electrons. The van der Waals surface area contributed by atoms with E-state index in [4.69, 9.17) is 8.83 Å². The summed E-state index contributed by atoms with van der Waals surface area (Å²) in [5.74, 6) is 0.0845. The first-order valence-electron chi connectivity index (χ1n) is 9.18. The predicted octanol–water partition coefficient (Wildman–Crippen LogP) is 4.04. The maximum atomic E-state index is 13.3. The van der Waals surface area contributed by atoms with Crippen LogP contribution in [0.2, 0.25) is 0 Å². The van der Waals surface area contributed by atoms with Crippen LogP contribution < -0.4 is 5.43 Å². The summed E-state index contributed by atoms with van der Waals surface area (Å²) in [4.78, 5) is 38.5. The molecule has 5 rings (SSSR count). The van der Waals surface area contributed by atoms with E-state index in [2.05, 4.69) is 0 Å². The molecule has 3 heterocycles. The van der Waals surface area contributed by atoms with Gasteiger partial charge in [-0.1, -0.05) is 12.1 Å². The summed E-state index contributed by atoms with van der Waals surface area (Å²) in [5.41, 5.74) is 0.745. The van der Waals surface area contributed by atoms with Gasteiger partial charge in [-0.15, -0.1) is 0 Å². The number of carbonyl (C=O) groups excluding carboxylic acids is 1. The number of carbonyl (C=O) groups is 1. The lowest BCUT2D eigenvalue weighted by molar-refractivity contribution is -0.384. The smallest absolute Gasteiger partial charge is 0.291 e. The molecule has 0 saturated heterocycles. The highest BCUT2D eigenvalue weighted by Crippen LogP contribution is 2.39. The molecule has 0 spiro atoms. The third-order valence-corrected chi connectivity index (χ3v) is 5.20. The van der Waals surface area contributed by atoms with Crippen molar-refractivity contribution in [2.75, 3.05) is 0 Å². The Hall–Kier alpha value is -4.20. The van der Waals surface area contributed by atoms with Gasteiger partial charge in [0, 0.05) is 12.1 Å². The van der Waals surface area contributed by atoms with E-state index in [0.717, 1.165) is 0 Å². The van der Waals surface area contributed by atoms with Crippen molar-refractivity contribution in [3.05, 3.63) is 110 Å². The first-order chi connectivity index (χ1) is 14.5. The van der Waals surface area contributed by atoms with Crippen LogP contribution in [0.4, 0.5) is 5.69 Å². The molecule has 0 N–H and O–H groups in total. The number of non-ortho nitro benzene ring substituents is 1. The quantitative estimate of drug-likeness (QED) is 0.377. The third kappa shape index (κ3) is 2.69. The molecule has 0 radical (unpaired) electrons. The topological polar surface area (TPSA) is 107 Å². The second-order valence-corrected chi connectivity index (χ2v) is 6.93. The summed E-state index contributed by atoms with van der Waals surface area (Å²) in [6, 6.07) is 15.2. The number of nitrogens with zero attached hydrogens (tertiary/aromatic N) is 2. The number of rotatable bonds is 4. The SMILES string of the molecule is O=C1c2oc3ccccc3c(=O)c2C(c2ccc([N+](=O)[O-])cc2)N1Cc1ccco1. The van der Waals surface area contributed by atoms with Crippen LogP contribution in [0.5, 0.6) is 0 Å². The lowest BCUT2D eigenvalue weighted by atomic mass is 9.98. The number of para-hydroxylation sites is 1. The molecule has 0 saturated carbocycles. The van der Waals surface area contributed by atoms with E-state index in [0.29, 0.717) is 22.3 Å². The molecule has 0 fully saturated rings. The van der Waals surface area contributed by atoms with E-state index in [1.165, 1.54) is 23.3 Å². The van der Waals surface area contributed by atoms with Gasteiger partial charge in [0.1, 0.15) is 11.3 Å². The molecule has 4 aromatic rings. The normalized spacial score (nSPS) is 15.5. The summed E-state index contributed by atoms with van der Waals surface area (Å²) in [5, 5.41) is 11.4. The molecule has 8 nitrogen and oxygen atoms in total. The van der Waals surface area contributed by atoms with Crippen LogP contribution in [-0.2, 0) is 6.54 Å². The number of nitro benzene ring substituents is 1. The molecular weight excluding hydrogens is 388 g/mol. The van der Waals surface area contributed by atoms with E-state index in [-0.39, 0.29) is 29.0 Å². The molecule has 2 aromatic heterocycles. The summed E-state index contributed by atoms with van der Waals surface area (Å²) in [7, 11) is 0. The molecule has 2 aromatic carbocycles. The zero-order valence-electron chi connectivity index (χ0n) is 15.5. The number of hydrogen-bond donors (Lipinski definition) is 0. The lowest BCUT2D eigenvalue weighted by Crippen LogP contribution is -2.29. The van der Waals surface area contributed by atoms with Crippen molar-refractivity contribution in [1.29, 1.82) is 0 Å². The molecule has 1 aliphatic rings. The summed E-state index contributed by atoms with van der Waals surface area (Å²) < 4.78 is 11.2. The van der Waals surface area contributed by atoms with Gasteiger partial charge in [0.2, 0.25) is 5.76 Å². The average molecular weight is 402 g/mol. The van der Waals surface area contributed by atoms with Crippen LogP contribution in [0.25, 0.3) is 11.0 Å². The van der Waals surface area contributed by atoms with Crippen molar-refractivity contribution in [1.82, 2.24) is 4.90 Å². The van der Waals surface area contributed by atoms with Gasteiger partial charge in [-0.05, 0) is 42.0 Å². The Morgan fingerprint density at radius 1 is 1.00 bits per heavy atom. The van der Waals surface area contributed by atoms with E-state index in [1.807, 2.05) is 0 Å². The van der Waals surface area contributed by atoms with Crippen molar-refractivity contribution < 1.29 is 18.6 Å². The fraction of sp³-hybridized carbons (Fsp3) is 0.0909. The summed E-state index contributed by atoms with van der Waals surface area (Å²) in [6.45, 7) is 0.119. The predicted molar refractivity (Wildman–Crippen MR) is 106 cm³/mol. The Bertz CT molecular complexity index is 1340. The van der Waals surface area contributed by atoms with E-state index in [9.17, 15) is 19.7 Å². The Kier molecular flexibility index (Phi) is 3.99. The third-order valence-electron chi connectivity index (χ3n) is 5.20. The molecule has 1 aliphatic heterocycles. The zero-order chi connectivity index (χ0) is 20.8. The van der Waals surface area contributed by atoms with Gasteiger partial charge in [-0.2, -0.15) is 0 Å². The lowest BCUT2D eigenvalue weighted by Gasteiger charge is -2.24. The van der Waals surface area contributed by atoms with E-state index in [1.54, 1.807) is 48.5 Å². The molecule has 1 atom stereocenters. The Labute approximate surface area is 169 Å². The number of fused-ring (bicyclic) bond motifs is 2. The molecular formula is C22H14N2O6. The number of benzene rings is 2. The molecule has 30 heavy (non-hydrogen) atoms. The monoisotopic (exact) mass is 402 g/mol. The van der Waals surface area contributed by atoms with Crippen LogP contribution in [0, 0.1) is 10.1 Å². The molecule has 0 bridgehead atoms. The van der Waals surface area contributed by atoms with E-state index >= 15 is 0 Å². The highest BCUT2D eigenvalue weighted by molar-refractivity contribution is 5.99. The zero-order valence-corrected chi connectivity index (χ0v) is 15.5. The average Bonchev–Trinajstić information content (AvgIpc) is 3.36. The fourth-order valence-electron chi connectivity index (χ4n) is 3.83. The number of hydrogen-bond acceptors (Lipinski definition) is 6. The van der Waals surface area contributed by atoms with Crippen molar-refractivity contribution in [2.24, 2.45) is 0 Å².